The first kappa shape index (κ1) is 40.3. The molecule has 8 rings (SSSR count). The highest BCUT2D eigenvalue weighted by Crippen LogP contribution is 2.36. The number of carbonyl (C=O) groups excluding carboxylic acids is 4. The van der Waals surface area contributed by atoms with Crippen LogP contribution in [0.2, 0.25) is 0 Å². The number of carbonyl (C=O) groups is 4. The fraction of sp³-hybridized carbons (Fsp3) is 0.432. The fourth-order valence-electron chi connectivity index (χ4n) is 8.85. The van der Waals surface area contributed by atoms with Gasteiger partial charge in [-0.3, -0.25) is 14.0 Å². The van der Waals surface area contributed by atoms with Crippen LogP contribution in [-0.4, -0.2) is 103 Å². The zero-order chi connectivity index (χ0) is 42.4. The number of H-pyrrole nitrogens is 2. The molecule has 0 spiro atoms. The fourth-order valence-corrected chi connectivity index (χ4v) is 8.85. The van der Waals surface area contributed by atoms with Gasteiger partial charge in [-0.1, -0.05) is 45.9 Å². The van der Waals surface area contributed by atoms with Crippen molar-refractivity contribution < 1.29 is 28.7 Å². The summed E-state index contributed by atoms with van der Waals surface area (Å²) in [5.41, 5.74) is 6.48. The van der Waals surface area contributed by atoms with E-state index in [-0.39, 0.29) is 35.7 Å². The number of rotatable bonds is 10. The zero-order valence-electron chi connectivity index (χ0n) is 35.0. The summed E-state index contributed by atoms with van der Waals surface area (Å²) in [5.74, 6) is 1.73. The van der Waals surface area contributed by atoms with Gasteiger partial charge < -0.3 is 39.9 Å². The maximum atomic E-state index is 13.7. The third kappa shape index (κ3) is 7.39. The van der Waals surface area contributed by atoms with Crippen molar-refractivity contribution in [1.82, 2.24) is 49.8 Å². The Morgan fingerprint density at radius 2 is 1.23 bits per heavy atom. The predicted octanol–water partition coefficient (Wildman–Crippen LogP) is 6.82. The molecule has 2 aliphatic rings. The maximum absolute atomic E-state index is 13.7. The molecule has 2 saturated heterocycles. The van der Waals surface area contributed by atoms with Crippen molar-refractivity contribution in [2.24, 2.45) is 11.8 Å². The van der Waals surface area contributed by atoms with Gasteiger partial charge in [-0.2, -0.15) is 0 Å². The van der Waals surface area contributed by atoms with Gasteiger partial charge in [0.05, 0.1) is 66.6 Å². The number of aryl methyl sites for hydroxylation is 1. The number of imidazole rings is 2. The minimum atomic E-state index is -0.704. The molecule has 314 valence electrons. The number of likely N-dealkylation sites (tertiary alicyclic amines) is 2. The Morgan fingerprint density at radius 1 is 0.717 bits per heavy atom. The Bertz CT molecular complexity index is 2610. The lowest BCUT2D eigenvalue weighted by Gasteiger charge is -2.30. The Kier molecular flexibility index (Phi) is 11.0. The molecule has 6 aromatic rings. The second kappa shape index (κ2) is 16.3. The largest absolute Gasteiger partial charge is 0.453 e. The normalized spacial score (nSPS) is 17.9. The molecule has 6 heterocycles. The van der Waals surface area contributed by atoms with Crippen molar-refractivity contribution in [1.29, 1.82) is 0 Å². The number of fused-ring (bicyclic) bond motifs is 5. The Balaban J connectivity index is 1.04. The SMILES string of the molecule is COC(=O)NC(C(=O)N1CCCC1c1ncc(-c2ccc3c(c2)cc2c4ccc(-c5cnc(C6CCCN6C(=O)C(NC(=O)OC)C(C)C)[nH]5)cc4nc(C)n32)[nH]1)C(C)C. The van der Waals surface area contributed by atoms with E-state index in [1.54, 1.807) is 6.20 Å². The quantitative estimate of drug-likeness (QED) is 0.115. The molecule has 4 amide bonds. The summed E-state index contributed by atoms with van der Waals surface area (Å²) in [6, 6.07) is 12.8. The number of alkyl carbamates (subject to hydrolysis) is 2. The second-order valence-corrected chi connectivity index (χ2v) is 16.5. The van der Waals surface area contributed by atoms with Crippen LogP contribution in [0.15, 0.2) is 54.9 Å². The summed E-state index contributed by atoms with van der Waals surface area (Å²) in [5, 5.41) is 7.47. The number of amides is 4. The number of hydrogen-bond acceptors (Lipinski definition) is 9. The van der Waals surface area contributed by atoms with Crippen LogP contribution in [0.3, 0.4) is 0 Å². The number of hydrogen-bond donors (Lipinski definition) is 4. The monoisotopic (exact) mass is 816 g/mol. The summed E-state index contributed by atoms with van der Waals surface area (Å²) in [7, 11) is 2.58. The molecule has 2 fully saturated rings. The molecule has 4 atom stereocenters. The van der Waals surface area contributed by atoms with E-state index in [4.69, 9.17) is 24.4 Å². The van der Waals surface area contributed by atoms with E-state index in [1.165, 1.54) is 14.2 Å². The summed E-state index contributed by atoms with van der Waals surface area (Å²) in [6.45, 7) is 10.8. The summed E-state index contributed by atoms with van der Waals surface area (Å²) >= 11 is 0. The first-order chi connectivity index (χ1) is 28.9. The first-order valence-corrected chi connectivity index (χ1v) is 20.6. The number of ether oxygens (including phenoxy) is 2. The average Bonchev–Trinajstić information content (AvgIpc) is 4.09. The lowest BCUT2D eigenvalue weighted by Crippen LogP contribution is -2.51. The van der Waals surface area contributed by atoms with Crippen molar-refractivity contribution in [2.75, 3.05) is 27.3 Å². The highest BCUT2D eigenvalue weighted by Gasteiger charge is 2.39. The van der Waals surface area contributed by atoms with Crippen LogP contribution in [0.4, 0.5) is 9.59 Å². The van der Waals surface area contributed by atoms with Crippen molar-refractivity contribution in [3.05, 3.63) is 72.3 Å². The number of nitrogens with zero attached hydrogens (tertiary/aromatic N) is 6. The van der Waals surface area contributed by atoms with Crippen molar-refractivity contribution in [3.63, 3.8) is 0 Å². The molecule has 0 aliphatic carbocycles. The number of aromatic amines is 2. The van der Waals surface area contributed by atoms with Crippen molar-refractivity contribution >= 4 is 51.3 Å². The number of nitrogens with one attached hydrogen (secondary N) is 4. The number of benzene rings is 2. The average molecular weight is 817 g/mol. The van der Waals surface area contributed by atoms with Crippen LogP contribution in [0.5, 0.6) is 0 Å². The van der Waals surface area contributed by atoms with Gasteiger partial charge in [0, 0.05) is 35.0 Å². The summed E-state index contributed by atoms with van der Waals surface area (Å²) in [6.07, 6.45) is 5.56. The molecule has 60 heavy (non-hydrogen) atoms. The Morgan fingerprint density at radius 3 is 1.75 bits per heavy atom. The van der Waals surface area contributed by atoms with E-state index in [0.717, 1.165) is 81.3 Å². The predicted molar refractivity (Wildman–Crippen MR) is 226 cm³/mol. The molecule has 16 nitrogen and oxygen atoms in total. The molecule has 16 heteroatoms. The van der Waals surface area contributed by atoms with Crippen LogP contribution in [0.1, 0.15) is 82.9 Å². The topological polar surface area (TPSA) is 192 Å². The van der Waals surface area contributed by atoms with Crippen molar-refractivity contribution in [3.8, 4) is 22.5 Å². The first-order valence-electron chi connectivity index (χ1n) is 20.6. The van der Waals surface area contributed by atoms with Gasteiger partial charge in [0.25, 0.3) is 0 Å². The van der Waals surface area contributed by atoms with E-state index in [9.17, 15) is 19.2 Å². The Hall–Kier alpha value is -6.45. The van der Waals surface area contributed by atoms with Crippen LogP contribution in [-0.2, 0) is 19.1 Å². The van der Waals surface area contributed by atoms with Crippen LogP contribution >= 0.6 is 0 Å². The van der Waals surface area contributed by atoms with Gasteiger partial charge in [0.2, 0.25) is 11.8 Å². The van der Waals surface area contributed by atoms with Gasteiger partial charge in [-0.05, 0) is 68.7 Å². The lowest BCUT2D eigenvalue weighted by atomic mass is 10.0. The third-order valence-electron chi connectivity index (χ3n) is 12.0. The van der Waals surface area contributed by atoms with Gasteiger partial charge in [0.15, 0.2) is 0 Å². The second-order valence-electron chi connectivity index (χ2n) is 16.5. The minimum Gasteiger partial charge on any atom is -0.453 e. The molecule has 2 aliphatic heterocycles. The van der Waals surface area contributed by atoms with E-state index in [0.29, 0.717) is 24.7 Å². The molecule has 4 aromatic heterocycles. The molecular formula is C44H52N10O6. The molecular weight excluding hydrogens is 765 g/mol. The van der Waals surface area contributed by atoms with Gasteiger partial charge in [-0.15, -0.1) is 0 Å². The van der Waals surface area contributed by atoms with Gasteiger partial charge in [-0.25, -0.2) is 24.5 Å². The minimum absolute atomic E-state index is 0.117. The number of aromatic nitrogens is 6. The number of methoxy groups -OCH3 is 2. The van der Waals surface area contributed by atoms with Crippen LogP contribution in [0.25, 0.3) is 49.8 Å². The Labute approximate surface area is 347 Å². The van der Waals surface area contributed by atoms with Crippen LogP contribution in [0, 0.1) is 18.8 Å². The highest BCUT2D eigenvalue weighted by atomic mass is 16.5. The molecule has 4 N–H and O–H groups in total. The van der Waals surface area contributed by atoms with Crippen molar-refractivity contribution in [2.45, 2.75) is 84.5 Å². The maximum Gasteiger partial charge on any atom is 0.407 e. The smallest absolute Gasteiger partial charge is 0.407 e. The lowest BCUT2D eigenvalue weighted by molar-refractivity contribution is -0.136. The molecule has 0 radical (unpaired) electrons. The van der Waals surface area contributed by atoms with Gasteiger partial charge in [0.1, 0.15) is 29.6 Å². The molecule has 2 aromatic carbocycles. The highest BCUT2D eigenvalue weighted by molar-refractivity contribution is 6.03. The molecule has 4 unspecified atom stereocenters. The van der Waals surface area contributed by atoms with E-state index < -0.39 is 24.3 Å². The third-order valence-corrected chi connectivity index (χ3v) is 12.0. The summed E-state index contributed by atoms with van der Waals surface area (Å²) < 4.78 is 11.7. The van der Waals surface area contributed by atoms with E-state index in [2.05, 4.69) is 67.5 Å². The zero-order valence-corrected chi connectivity index (χ0v) is 35.0. The molecule has 0 bridgehead atoms. The van der Waals surface area contributed by atoms with E-state index in [1.807, 2.05) is 50.6 Å². The van der Waals surface area contributed by atoms with E-state index >= 15 is 0 Å². The standard InChI is InChI=1S/C44H52N10O6/c1-23(2)37(50-43(57)59-6)41(55)52-16-8-10-34(52)39-45-21-31(48-39)26-13-15-33-28(18-26)20-36-29-14-12-27(19-30(29)47-25(5)54(33)36)32-22-46-40(49-32)35-11-9-17-53(35)42(56)38(24(3)4)51-44(58)60-7/h12-15,18-24,34-35,37-38H,8-11,16-17H2,1-7H3,(H,45,48)(H,46,49)(H,50,57)(H,51,58). The van der Waals surface area contributed by atoms with Crippen LogP contribution < -0.4 is 10.6 Å². The summed E-state index contributed by atoms with van der Waals surface area (Å²) in [4.78, 5) is 76.5. The van der Waals surface area contributed by atoms with Gasteiger partial charge >= 0.3 is 12.2 Å². The molecule has 0 saturated carbocycles.